The predicted molar refractivity (Wildman–Crippen MR) is 42.4 cm³/mol. The van der Waals surface area contributed by atoms with Gasteiger partial charge in [0.25, 0.3) is 0 Å². The lowest BCUT2D eigenvalue weighted by atomic mass is 9.95. The molecule has 0 bridgehead atoms. The van der Waals surface area contributed by atoms with E-state index < -0.39 is 17.7 Å². The van der Waals surface area contributed by atoms with Crippen LogP contribution in [-0.4, -0.2) is 23.8 Å². The van der Waals surface area contributed by atoms with Gasteiger partial charge < -0.3 is 10.5 Å². The number of carbonyl (C=O) groups is 1. The van der Waals surface area contributed by atoms with Gasteiger partial charge in [-0.1, -0.05) is 0 Å². The molecule has 1 unspecified atom stereocenters. The Morgan fingerprint density at radius 3 is 2.21 bits per heavy atom. The molecule has 1 aliphatic carbocycles. The zero-order chi connectivity index (χ0) is 11.0. The first kappa shape index (κ1) is 11.3. The summed E-state index contributed by atoms with van der Waals surface area (Å²) in [5.41, 5.74) is 1.96. The van der Waals surface area contributed by atoms with Gasteiger partial charge in [0.15, 0.2) is 0 Å². The number of hydrogen-bond acceptors (Lipinski definition) is 3. The normalized spacial score (nSPS) is 22.4. The smallest absolute Gasteiger partial charge is 0.416 e. The van der Waals surface area contributed by atoms with Crippen molar-refractivity contribution in [3.63, 3.8) is 0 Å². The maximum Gasteiger partial charge on any atom is 0.416 e. The van der Waals surface area contributed by atoms with Crippen molar-refractivity contribution in [2.24, 2.45) is 5.73 Å². The Balaban J connectivity index is 2.57. The molecule has 0 aromatic heterocycles. The number of alkyl halides is 3. The molecule has 0 aliphatic heterocycles. The summed E-state index contributed by atoms with van der Waals surface area (Å²) in [7, 11) is 0. The molecule has 6 heteroatoms. The van der Waals surface area contributed by atoms with Crippen molar-refractivity contribution in [1.82, 2.24) is 0 Å². The molecular weight excluding hydrogens is 199 g/mol. The second kappa shape index (κ2) is 3.42. The number of carbonyl (C=O) groups excluding carboxylic acids is 1. The highest BCUT2D eigenvalue weighted by Crippen LogP contribution is 2.31. The van der Waals surface area contributed by atoms with Gasteiger partial charge in [0, 0.05) is 0 Å². The van der Waals surface area contributed by atoms with Gasteiger partial charge in [-0.3, -0.25) is 0 Å². The zero-order valence-electron chi connectivity index (χ0n) is 7.73. The Morgan fingerprint density at radius 2 is 1.93 bits per heavy atom. The summed E-state index contributed by atoms with van der Waals surface area (Å²) < 4.78 is 41.3. The SMILES string of the molecule is CC(N)(C(=O)OC1CCC1)C(F)(F)F. The topological polar surface area (TPSA) is 52.3 Å². The van der Waals surface area contributed by atoms with Crippen LogP contribution in [0.1, 0.15) is 26.2 Å². The van der Waals surface area contributed by atoms with Gasteiger partial charge in [0.05, 0.1) is 0 Å². The summed E-state index contributed by atoms with van der Waals surface area (Å²) >= 11 is 0. The minimum Gasteiger partial charge on any atom is -0.461 e. The molecule has 82 valence electrons. The lowest BCUT2D eigenvalue weighted by Crippen LogP contribution is -2.58. The monoisotopic (exact) mass is 211 g/mol. The quantitative estimate of drug-likeness (QED) is 0.701. The van der Waals surface area contributed by atoms with Gasteiger partial charge in [0.2, 0.25) is 5.54 Å². The first-order valence-electron chi connectivity index (χ1n) is 4.32. The highest BCUT2D eigenvalue weighted by atomic mass is 19.4. The van der Waals surface area contributed by atoms with Crippen LogP contribution in [-0.2, 0) is 9.53 Å². The fourth-order valence-electron chi connectivity index (χ4n) is 0.878. The third kappa shape index (κ3) is 2.00. The molecule has 1 aliphatic rings. The summed E-state index contributed by atoms with van der Waals surface area (Å²) in [6.07, 6.45) is -3.02. The van der Waals surface area contributed by atoms with E-state index in [1.807, 2.05) is 0 Å². The van der Waals surface area contributed by atoms with Crippen molar-refractivity contribution < 1.29 is 22.7 Å². The second-order valence-corrected chi connectivity index (χ2v) is 3.66. The van der Waals surface area contributed by atoms with E-state index in [0.29, 0.717) is 19.8 Å². The summed E-state index contributed by atoms with van der Waals surface area (Å²) in [5.74, 6) is -1.39. The Kier molecular flexibility index (Phi) is 2.76. The van der Waals surface area contributed by atoms with Crippen LogP contribution in [0.4, 0.5) is 13.2 Å². The van der Waals surface area contributed by atoms with Crippen LogP contribution in [0.25, 0.3) is 0 Å². The van der Waals surface area contributed by atoms with Crippen LogP contribution in [0.15, 0.2) is 0 Å². The van der Waals surface area contributed by atoms with Crippen LogP contribution in [0, 0.1) is 0 Å². The molecule has 0 amide bonds. The van der Waals surface area contributed by atoms with E-state index in [1.165, 1.54) is 0 Å². The van der Waals surface area contributed by atoms with E-state index in [9.17, 15) is 18.0 Å². The third-order valence-corrected chi connectivity index (χ3v) is 2.34. The van der Waals surface area contributed by atoms with Crippen LogP contribution in [0.2, 0.25) is 0 Å². The Hall–Kier alpha value is -0.780. The maximum absolute atomic E-state index is 12.2. The average Bonchev–Trinajstić information content (AvgIpc) is 1.93. The predicted octanol–water partition coefficient (Wildman–Crippen LogP) is 1.36. The van der Waals surface area contributed by atoms with Gasteiger partial charge in [-0.05, 0) is 26.2 Å². The van der Waals surface area contributed by atoms with Gasteiger partial charge >= 0.3 is 12.1 Å². The molecule has 0 aromatic carbocycles. The van der Waals surface area contributed by atoms with E-state index >= 15 is 0 Å². The number of ether oxygens (including phenoxy) is 1. The van der Waals surface area contributed by atoms with E-state index in [1.54, 1.807) is 0 Å². The van der Waals surface area contributed by atoms with Gasteiger partial charge in [0.1, 0.15) is 6.10 Å². The van der Waals surface area contributed by atoms with Crippen LogP contribution in [0.3, 0.4) is 0 Å². The summed E-state index contributed by atoms with van der Waals surface area (Å²) in [6.45, 7) is 0.619. The molecule has 0 spiro atoms. The van der Waals surface area contributed by atoms with Gasteiger partial charge in [-0.15, -0.1) is 0 Å². The van der Waals surface area contributed by atoms with Crippen molar-refractivity contribution in [3.05, 3.63) is 0 Å². The lowest BCUT2D eigenvalue weighted by molar-refractivity contribution is -0.207. The molecular formula is C8H12F3NO2. The van der Waals surface area contributed by atoms with Crippen LogP contribution in [0.5, 0.6) is 0 Å². The Bertz CT molecular complexity index is 233. The molecule has 0 radical (unpaired) electrons. The number of halogens is 3. The highest BCUT2D eigenvalue weighted by Gasteiger charge is 2.55. The third-order valence-electron chi connectivity index (χ3n) is 2.34. The fourth-order valence-corrected chi connectivity index (χ4v) is 0.878. The average molecular weight is 211 g/mol. The molecule has 1 fully saturated rings. The van der Waals surface area contributed by atoms with E-state index in [2.05, 4.69) is 4.74 Å². The molecule has 1 rings (SSSR count). The van der Waals surface area contributed by atoms with E-state index in [4.69, 9.17) is 5.73 Å². The molecule has 3 nitrogen and oxygen atoms in total. The summed E-state index contributed by atoms with van der Waals surface area (Å²) in [6, 6.07) is 0. The molecule has 1 atom stereocenters. The van der Waals surface area contributed by atoms with Gasteiger partial charge in [-0.25, -0.2) is 4.79 Å². The first-order chi connectivity index (χ1) is 6.25. The van der Waals surface area contributed by atoms with E-state index in [0.717, 1.165) is 6.42 Å². The molecule has 0 aromatic rings. The number of esters is 1. The largest absolute Gasteiger partial charge is 0.461 e. The van der Waals surface area contributed by atoms with Crippen LogP contribution < -0.4 is 5.73 Å². The van der Waals surface area contributed by atoms with Crippen molar-refractivity contribution in [2.45, 2.75) is 44.0 Å². The Labute approximate surface area is 79.4 Å². The highest BCUT2D eigenvalue weighted by molar-refractivity contribution is 5.81. The molecule has 2 N–H and O–H groups in total. The fraction of sp³-hybridized carbons (Fsp3) is 0.875. The van der Waals surface area contributed by atoms with Crippen molar-refractivity contribution >= 4 is 5.97 Å². The van der Waals surface area contributed by atoms with Gasteiger partial charge in [-0.2, -0.15) is 13.2 Å². The summed E-state index contributed by atoms with van der Waals surface area (Å²) in [4.78, 5) is 11.0. The standard InChI is InChI=1S/C8H12F3NO2/c1-7(12,8(9,10)11)6(13)14-5-3-2-4-5/h5H,2-4,12H2,1H3. The summed E-state index contributed by atoms with van der Waals surface area (Å²) in [5, 5.41) is 0. The van der Waals surface area contributed by atoms with E-state index in [-0.39, 0.29) is 6.10 Å². The zero-order valence-corrected chi connectivity index (χ0v) is 7.73. The number of nitrogens with two attached hydrogens (primary N) is 1. The first-order valence-corrected chi connectivity index (χ1v) is 4.32. The maximum atomic E-state index is 12.2. The Morgan fingerprint density at radius 1 is 1.43 bits per heavy atom. The number of rotatable bonds is 2. The lowest BCUT2D eigenvalue weighted by Gasteiger charge is -2.31. The second-order valence-electron chi connectivity index (χ2n) is 3.66. The number of hydrogen-bond donors (Lipinski definition) is 1. The molecule has 0 heterocycles. The van der Waals surface area contributed by atoms with Crippen molar-refractivity contribution in [2.75, 3.05) is 0 Å². The molecule has 1 saturated carbocycles. The molecule has 0 saturated heterocycles. The molecule has 14 heavy (non-hydrogen) atoms. The minimum atomic E-state index is -4.77. The van der Waals surface area contributed by atoms with Crippen LogP contribution >= 0.6 is 0 Å². The van der Waals surface area contributed by atoms with Crippen molar-refractivity contribution in [3.8, 4) is 0 Å². The van der Waals surface area contributed by atoms with Crippen molar-refractivity contribution in [1.29, 1.82) is 0 Å². The minimum absolute atomic E-state index is 0.382.